The summed E-state index contributed by atoms with van der Waals surface area (Å²) >= 11 is 0. The van der Waals surface area contributed by atoms with E-state index in [1.807, 2.05) is 55.5 Å². The summed E-state index contributed by atoms with van der Waals surface area (Å²) in [5.41, 5.74) is 3.81. The van der Waals surface area contributed by atoms with E-state index in [1.165, 1.54) is 22.7 Å². The summed E-state index contributed by atoms with van der Waals surface area (Å²) in [6, 6.07) is 18.7. The molecule has 0 saturated carbocycles. The van der Waals surface area contributed by atoms with Crippen LogP contribution in [0.3, 0.4) is 0 Å². The first-order chi connectivity index (χ1) is 22.4. The molecule has 11 nitrogen and oxygen atoms in total. The Morgan fingerprint density at radius 1 is 1.00 bits per heavy atom. The van der Waals surface area contributed by atoms with Crippen LogP contribution in [-0.4, -0.2) is 68.4 Å². The lowest BCUT2D eigenvalue weighted by Gasteiger charge is -2.24. The predicted octanol–water partition coefficient (Wildman–Crippen LogP) is 6.27. The summed E-state index contributed by atoms with van der Waals surface area (Å²) in [4.78, 5) is 48.3. The molecule has 1 N–H and O–H groups in total. The zero-order chi connectivity index (χ0) is 33.7. The second-order valence-corrected chi connectivity index (χ2v) is 11.9. The Morgan fingerprint density at radius 3 is 2.55 bits per heavy atom. The van der Waals surface area contributed by atoms with Crippen molar-refractivity contribution in [2.45, 2.75) is 39.8 Å². The monoisotopic (exact) mass is 638 g/mol. The molecular weight excluding hydrogens is 603 g/mol. The predicted molar refractivity (Wildman–Crippen MR) is 175 cm³/mol. The number of likely N-dealkylation sites (N-methyl/N-ethyl adjacent to an activating group) is 1. The summed E-state index contributed by atoms with van der Waals surface area (Å²) < 4.78 is 26.5. The van der Waals surface area contributed by atoms with Crippen molar-refractivity contribution < 1.29 is 28.2 Å². The number of nitrogens with one attached hydrogen (secondary N) is 1. The highest BCUT2D eigenvalue weighted by Crippen LogP contribution is 2.34. The van der Waals surface area contributed by atoms with Gasteiger partial charge in [-0.05, 0) is 75.7 Å². The molecule has 0 atom stereocenters. The van der Waals surface area contributed by atoms with Gasteiger partial charge in [0, 0.05) is 41.8 Å². The van der Waals surface area contributed by atoms with Gasteiger partial charge >= 0.3 is 12.1 Å². The molecule has 2 aromatic carbocycles. The van der Waals surface area contributed by atoms with Gasteiger partial charge in [0.15, 0.2) is 0 Å². The van der Waals surface area contributed by atoms with Gasteiger partial charge < -0.3 is 19.7 Å². The Hall–Kier alpha value is -5.65. The molecule has 5 rings (SSSR count). The molecule has 3 aromatic heterocycles. The highest BCUT2D eigenvalue weighted by Gasteiger charge is 2.21. The van der Waals surface area contributed by atoms with Crippen molar-refractivity contribution in [1.82, 2.24) is 24.6 Å². The van der Waals surface area contributed by atoms with Crippen LogP contribution in [0.4, 0.5) is 14.9 Å². The highest BCUT2D eigenvalue weighted by molar-refractivity contribution is 5.98. The molecule has 0 spiro atoms. The molecule has 3 heterocycles. The van der Waals surface area contributed by atoms with E-state index >= 15 is 0 Å². The van der Waals surface area contributed by atoms with E-state index in [9.17, 15) is 18.8 Å². The summed E-state index contributed by atoms with van der Waals surface area (Å²) in [6.45, 7) is 6.86. The van der Waals surface area contributed by atoms with Gasteiger partial charge in [0.2, 0.25) is 5.91 Å². The second kappa shape index (κ2) is 13.8. The van der Waals surface area contributed by atoms with Crippen LogP contribution >= 0.6 is 0 Å². The van der Waals surface area contributed by atoms with Crippen LogP contribution in [0.25, 0.3) is 33.4 Å². The quantitative estimate of drug-likeness (QED) is 0.187. The number of amides is 2. The van der Waals surface area contributed by atoms with E-state index in [-0.39, 0.29) is 30.9 Å². The molecule has 0 radical (unpaired) electrons. The maximum absolute atomic E-state index is 14.5. The molecule has 0 aliphatic carbocycles. The van der Waals surface area contributed by atoms with Crippen molar-refractivity contribution in [2.24, 2.45) is 0 Å². The number of ether oxygens (including phenoxy) is 2. The number of halogens is 1. The van der Waals surface area contributed by atoms with Crippen molar-refractivity contribution in [3.8, 4) is 22.5 Å². The van der Waals surface area contributed by atoms with Crippen LogP contribution in [0.2, 0.25) is 0 Å². The number of aryl methyl sites for hydroxylation is 1. The molecule has 0 fully saturated rings. The Bertz CT molecular complexity index is 1950. The fourth-order valence-electron chi connectivity index (χ4n) is 4.81. The van der Waals surface area contributed by atoms with Gasteiger partial charge in [-0.25, -0.2) is 14.0 Å². The number of nitrogens with zero attached hydrogens (tertiary/aromatic N) is 5. The number of carbonyl (C=O) groups excluding carboxylic acids is 3. The molecule has 0 aliphatic rings. The lowest BCUT2D eigenvalue weighted by molar-refractivity contribution is -0.116. The van der Waals surface area contributed by atoms with E-state index in [4.69, 9.17) is 14.6 Å². The number of fused-ring (bicyclic) bond motifs is 1. The van der Waals surface area contributed by atoms with Crippen LogP contribution in [-0.2, 0) is 20.8 Å². The molecular formula is C35H35FN6O5. The zero-order valence-corrected chi connectivity index (χ0v) is 26.8. The third kappa shape index (κ3) is 8.34. The maximum Gasteiger partial charge on any atom is 0.410 e. The smallest absolute Gasteiger partial charge is 0.410 e. The lowest BCUT2D eigenvalue weighted by Crippen LogP contribution is -2.36. The summed E-state index contributed by atoms with van der Waals surface area (Å²) in [5, 5.41) is 8.28. The Labute approximate surface area is 271 Å². The van der Waals surface area contributed by atoms with Crippen molar-refractivity contribution in [3.05, 3.63) is 96.2 Å². The number of pyridine rings is 2. The summed E-state index contributed by atoms with van der Waals surface area (Å²) in [6.07, 6.45) is 2.93. The standard InChI is InChI=1S/C35H35FN6O5/c1-22-9-8-12-30(38-22)32-28(26-13-14-37-29-11-7-6-10-27(26)29)20-42(40-32)21-31(43)39-25-18-23(17-24(36)19-25)33(44)46-16-15-41(5)34(45)47-35(2,3)4/h6-14,17-20H,15-16,21H2,1-5H3,(H,39,43). The van der Waals surface area contributed by atoms with E-state index in [1.54, 1.807) is 33.2 Å². The van der Waals surface area contributed by atoms with Crippen LogP contribution in [0.1, 0.15) is 36.8 Å². The van der Waals surface area contributed by atoms with Gasteiger partial charge in [-0.3, -0.25) is 19.4 Å². The number of aromatic nitrogens is 4. The number of para-hydroxylation sites is 1. The minimum Gasteiger partial charge on any atom is -0.460 e. The number of benzene rings is 2. The van der Waals surface area contributed by atoms with Gasteiger partial charge in [-0.2, -0.15) is 5.10 Å². The third-order valence-corrected chi connectivity index (χ3v) is 6.92. The minimum atomic E-state index is -0.811. The first kappa shape index (κ1) is 32.7. The van der Waals surface area contributed by atoms with Gasteiger partial charge in [0.25, 0.3) is 0 Å². The molecule has 242 valence electrons. The lowest BCUT2D eigenvalue weighted by atomic mass is 10.0. The van der Waals surface area contributed by atoms with Crippen molar-refractivity contribution in [3.63, 3.8) is 0 Å². The number of esters is 1. The van der Waals surface area contributed by atoms with Gasteiger partial charge in [-0.1, -0.05) is 24.3 Å². The topological polar surface area (TPSA) is 129 Å². The van der Waals surface area contributed by atoms with Crippen molar-refractivity contribution >= 4 is 34.6 Å². The molecule has 2 amide bonds. The molecule has 0 saturated heterocycles. The fourth-order valence-corrected chi connectivity index (χ4v) is 4.81. The Morgan fingerprint density at radius 2 is 1.79 bits per heavy atom. The number of rotatable bonds is 9. The van der Waals surface area contributed by atoms with Crippen LogP contribution < -0.4 is 5.32 Å². The van der Waals surface area contributed by atoms with E-state index in [2.05, 4.69) is 15.3 Å². The maximum atomic E-state index is 14.5. The molecule has 0 bridgehead atoms. The van der Waals surface area contributed by atoms with Gasteiger partial charge in [0.1, 0.15) is 30.3 Å². The number of hydrogen-bond donors (Lipinski definition) is 1. The SMILES string of the molecule is Cc1cccc(-c2nn(CC(=O)Nc3cc(F)cc(C(=O)OCCN(C)C(=O)OC(C)(C)C)c3)cc2-c2ccnc3ccccc23)n1. The Balaban J connectivity index is 1.31. The van der Waals surface area contributed by atoms with Crippen LogP contribution in [0.5, 0.6) is 0 Å². The van der Waals surface area contributed by atoms with Gasteiger partial charge in [-0.15, -0.1) is 0 Å². The second-order valence-electron chi connectivity index (χ2n) is 11.9. The third-order valence-electron chi connectivity index (χ3n) is 6.92. The van der Waals surface area contributed by atoms with E-state index in [0.29, 0.717) is 11.4 Å². The average Bonchev–Trinajstić information content (AvgIpc) is 3.42. The molecule has 0 unspecified atom stereocenters. The molecule has 0 aliphatic heterocycles. The summed E-state index contributed by atoms with van der Waals surface area (Å²) in [5.74, 6) is -2.04. The highest BCUT2D eigenvalue weighted by atomic mass is 19.1. The number of anilines is 1. The normalized spacial score (nSPS) is 11.3. The van der Waals surface area contributed by atoms with Crippen LogP contribution in [0.15, 0.2) is 79.1 Å². The molecule has 12 heteroatoms. The Kier molecular flexibility index (Phi) is 9.59. The number of hydrogen-bond acceptors (Lipinski definition) is 8. The number of carbonyl (C=O) groups is 3. The van der Waals surface area contributed by atoms with Crippen LogP contribution in [0, 0.1) is 12.7 Å². The molecule has 47 heavy (non-hydrogen) atoms. The summed E-state index contributed by atoms with van der Waals surface area (Å²) in [7, 11) is 1.51. The first-order valence-electron chi connectivity index (χ1n) is 14.9. The minimum absolute atomic E-state index is 0.0702. The largest absolute Gasteiger partial charge is 0.460 e. The van der Waals surface area contributed by atoms with Crippen molar-refractivity contribution in [2.75, 3.05) is 25.5 Å². The molecule has 5 aromatic rings. The average molecular weight is 639 g/mol. The zero-order valence-electron chi connectivity index (χ0n) is 26.8. The van der Waals surface area contributed by atoms with Crippen molar-refractivity contribution in [1.29, 1.82) is 0 Å². The first-order valence-corrected chi connectivity index (χ1v) is 14.9. The fraction of sp³-hybridized carbons (Fsp3) is 0.257. The van der Waals surface area contributed by atoms with Gasteiger partial charge in [0.05, 0.1) is 23.3 Å². The van der Waals surface area contributed by atoms with E-state index < -0.39 is 29.4 Å². The van der Waals surface area contributed by atoms with E-state index in [0.717, 1.165) is 39.9 Å².